The second-order valence-electron chi connectivity index (χ2n) is 6.93. The molecule has 0 aliphatic rings. The van der Waals surface area contributed by atoms with Crippen molar-refractivity contribution in [2.24, 2.45) is 0 Å². The predicted octanol–water partition coefficient (Wildman–Crippen LogP) is 4.77. The number of alkyl halides is 3. The maximum absolute atomic E-state index is 13.1. The summed E-state index contributed by atoms with van der Waals surface area (Å²) in [6.07, 6.45) is -2.57. The van der Waals surface area contributed by atoms with Gasteiger partial charge in [0.05, 0.1) is 17.3 Å². The first kappa shape index (κ1) is 22.6. The molecule has 3 aromatic rings. The van der Waals surface area contributed by atoms with Crippen LogP contribution in [0.1, 0.15) is 40.3 Å². The fourth-order valence-electron chi connectivity index (χ4n) is 3.02. The number of amides is 1. The molecule has 1 unspecified atom stereocenters. The van der Waals surface area contributed by atoms with Gasteiger partial charge in [-0.2, -0.15) is 18.3 Å². The van der Waals surface area contributed by atoms with Crippen LogP contribution in [0.3, 0.4) is 0 Å². The van der Waals surface area contributed by atoms with E-state index in [1.54, 1.807) is 18.7 Å². The third-order valence-electron chi connectivity index (χ3n) is 4.70. The first-order valence-electron chi connectivity index (χ1n) is 9.33. The summed E-state index contributed by atoms with van der Waals surface area (Å²) in [5.74, 6) is -0.702. The normalized spacial score (nSPS) is 12.5. The number of nitrogens with one attached hydrogen (secondary N) is 1. The Morgan fingerprint density at radius 3 is 2.42 bits per heavy atom. The molecule has 1 atom stereocenters. The third-order valence-corrected chi connectivity index (χ3v) is 5.45. The average Bonchev–Trinajstić information content (AvgIpc) is 2.73. The second kappa shape index (κ2) is 8.97. The van der Waals surface area contributed by atoms with E-state index in [-0.39, 0.29) is 5.69 Å². The summed E-state index contributed by atoms with van der Waals surface area (Å²) in [6, 6.07) is 12.9. The van der Waals surface area contributed by atoms with Crippen LogP contribution in [0.25, 0.3) is 5.69 Å². The number of nitrogens with zero attached hydrogens (tertiary/aromatic N) is 2. The Morgan fingerprint density at radius 2 is 1.81 bits per heavy atom. The topological polar surface area (TPSA) is 64.0 Å². The Balaban J connectivity index is 1.91. The van der Waals surface area contributed by atoms with Crippen LogP contribution in [-0.4, -0.2) is 21.9 Å². The Labute approximate surface area is 181 Å². The number of thioether (sulfide) groups is 1. The Morgan fingerprint density at radius 1 is 1.13 bits per heavy atom. The molecule has 1 heterocycles. The summed E-state index contributed by atoms with van der Waals surface area (Å²) in [4.78, 5) is 26.2. The van der Waals surface area contributed by atoms with Crippen LogP contribution in [0.5, 0.6) is 0 Å². The lowest BCUT2D eigenvalue weighted by Crippen LogP contribution is -2.33. The molecule has 3 rings (SSSR count). The van der Waals surface area contributed by atoms with Gasteiger partial charge >= 0.3 is 6.18 Å². The summed E-state index contributed by atoms with van der Waals surface area (Å²) in [5.41, 5.74) is -0.600. The lowest BCUT2D eigenvalue weighted by Gasteiger charge is -2.16. The van der Waals surface area contributed by atoms with Gasteiger partial charge in [-0.3, -0.25) is 9.59 Å². The fourth-order valence-corrected chi connectivity index (χ4v) is 3.43. The highest BCUT2D eigenvalue weighted by molar-refractivity contribution is 7.98. The number of benzene rings is 2. The van der Waals surface area contributed by atoms with Gasteiger partial charge in [0.2, 0.25) is 5.43 Å². The van der Waals surface area contributed by atoms with Crippen LogP contribution in [0, 0.1) is 6.92 Å². The average molecular weight is 447 g/mol. The van der Waals surface area contributed by atoms with E-state index in [9.17, 15) is 22.8 Å². The number of aromatic nitrogens is 2. The molecule has 9 heteroatoms. The molecule has 2 aromatic carbocycles. The largest absolute Gasteiger partial charge is 0.416 e. The molecular weight excluding hydrogens is 427 g/mol. The van der Waals surface area contributed by atoms with Gasteiger partial charge in [0.15, 0.2) is 5.69 Å². The summed E-state index contributed by atoms with van der Waals surface area (Å²) in [5, 5.41) is 6.78. The zero-order chi connectivity index (χ0) is 22.8. The van der Waals surface area contributed by atoms with Crippen LogP contribution >= 0.6 is 11.8 Å². The zero-order valence-corrected chi connectivity index (χ0v) is 17.8. The molecule has 0 aliphatic heterocycles. The SMILES string of the molecule is CSc1ccc(C(C)NC(=O)c2nn(-c3cccc(C(F)(F)F)c3)c(C)cc2=O)cc1. The number of halogens is 3. The molecule has 0 saturated carbocycles. The van der Waals surface area contributed by atoms with Gasteiger partial charge in [0, 0.05) is 16.7 Å². The summed E-state index contributed by atoms with van der Waals surface area (Å²) >= 11 is 1.59. The molecule has 1 aromatic heterocycles. The van der Waals surface area contributed by atoms with Crippen molar-refractivity contribution < 1.29 is 18.0 Å². The maximum Gasteiger partial charge on any atom is 0.416 e. The van der Waals surface area contributed by atoms with E-state index >= 15 is 0 Å². The number of carbonyl (C=O) groups excluding carboxylic acids is 1. The highest BCUT2D eigenvalue weighted by atomic mass is 32.2. The smallest absolute Gasteiger partial charge is 0.344 e. The van der Waals surface area contributed by atoms with Crippen LogP contribution in [-0.2, 0) is 6.18 Å². The highest BCUT2D eigenvalue weighted by Crippen LogP contribution is 2.30. The first-order chi connectivity index (χ1) is 14.6. The van der Waals surface area contributed by atoms with Crippen molar-refractivity contribution in [3.63, 3.8) is 0 Å². The molecule has 0 fully saturated rings. The van der Waals surface area contributed by atoms with Gasteiger partial charge in [0.25, 0.3) is 5.91 Å². The lowest BCUT2D eigenvalue weighted by atomic mass is 10.1. The van der Waals surface area contributed by atoms with Gasteiger partial charge in [0.1, 0.15) is 0 Å². The third kappa shape index (κ3) is 5.16. The predicted molar refractivity (Wildman–Crippen MR) is 114 cm³/mol. The first-order valence-corrected chi connectivity index (χ1v) is 10.6. The monoisotopic (exact) mass is 447 g/mol. The summed E-state index contributed by atoms with van der Waals surface area (Å²) in [7, 11) is 0. The van der Waals surface area contributed by atoms with E-state index in [0.29, 0.717) is 5.69 Å². The minimum Gasteiger partial charge on any atom is -0.344 e. The van der Waals surface area contributed by atoms with Crippen molar-refractivity contribution in [2.75, 3.05) is 6.26 Å². The molecule has 0 saturated heterocycles. The van der Waals surface area contributed by atoms with Crippen LogP contribution in [0.2, 0.25) is 0 Å². The molecule has 5 nitrogen and oxygen atoms in total. The van der Waals surface area contributed by atoms with Gasteiger partial charge in [-0.05, 0) is 56.0 Å². The molecule has 0 spiro atoms. The number of carbonyl (C=O) groups is 1. The summed E-state index contributed by atoms with van der Waals surface area (Å²) in [6.45, 7) is 3.30. The Kier molecular flexibility index (Phi) is 6.54. The maximum atomic E-state index is 13.1. The number of hydrogen-bond donors (Lipinski definition) is 1. The molecule has 1 N–H and O–H groups in total. The summed E-state index contributed by atoms with van der Waals surface area (Å²) < 4.78 is 40.3. The zero-order valence-electron chi connectivity index (χ0n) is 17.0. The number of hydrogen-bond acceptors (Lipinski definition) is 4. The molecule has 31 heavy (non-hydrogen) atoms. The van der Waals surface area contributed by atoms with Crippen LogP contribution < -0.4 is 10.7 Å². The number of rotatable bonds is 5. The Hall–Kier alpha value is -3.07. The van der Waals surface area contributed by atoms with E-state index in [1.807, 2.05) is 30.5 Å². The second-order valence-corrected chi connectivity index (χ2v) is 7.81. The van der Waals surface area contributed by atoms with Crippen molar-refractivity contribution >= 4 is 17.7 Å². The van der Waals surface area contributed by atoms with E-state index in [4.69, 9.17) is 0 Å². The van der Waals surface area contributed by atoms with Crippen molar-refractivity contribution in [1.82, 2.24) is 15.1 Å². The van der Waals surface area contributed by atoms with E-state index in [2.05, 4.69) is 10.4 Å². The fraction of sp³-hybridized carbons (Fsp3) is 0.227. The number of aryl methyl sites for hydroxylation is 1. The molecule has 0 bridgehead atoms. The molecule has 0 radical (unpaired) electrons. The van der Waals surface area contributed by atoms with E-state index < -0.39 is 34.8 Å². The van der Waals surface area contributed by atoms with Crippen molar-refractivity contribution in [2.45, 2.75) is 31.0 Å². The van der Waals surface area contributed by atoms with Gasteiger partial charge < -0.3 is 5.32 Å². The van der Waals surface area contributed by atoms with E-state index in [0.717, 1.165) is 27.3 Å². The molecule has 162 valence electrons. The van der Waals surface area contributed by atoms with Crippen LogP contribution in [0.15, 0.2) is 64.3 Å². The van der Waals surface area contributed by atoms with Gasteiger partial charge in [-0.1, -0.05) is 18.2 Å². The quantitative estimate of drug-likeness (QED) is 0.572. The highest BCUT2D eigenvalue weighted by Gasteiger charge is 2.30. The standard InChI is InChI=1S/C22H20F3N3O2S/c1-13-11-19(29)20(21(30)26-14(2)15-7-9-18(31-3)10-8-15)27-28(13)17-6-4-5-16(12-17)22(23,24)25/h4-12,14H,1-3H3,(H,26,30). The minimum absolute atomic E-state index is 0.0991. The van der Waals surface area contributed by atoms with Crippen molar-refractivity contribution in [1.29, 1.82) is 0 Å². The van der Waals surface area contributed by atoms with Crippen LogP contribution in [0.4, 0.5) is 13.2 Å². The molecule has 0 aliphatic carbocycles. The lowest BCUT2D eigenvalue weighted by molar-refractivity contribution is -0.137. The minimum atomic E-state index is -4.52. The van der Waals surface area contributed by atoms with E-state index in [1.165, 1.54) is 25.1 Å². The van der Waals surface area contributed by atoms with Gasteiger partial charge in [-0.25, -0.2) is 4.68 Å². The van der Waals surface area contributed by atoms with Crippen molar-refractivity contribution in [3.8, 4) is 5.69 Å². The molecule has 1 amide bonds. The van der Waals surface area contributed by atoms with Gasteiger partial charge in [-0.15, -0.1) is 11.8 Å². The Bertz CT molecular complexity index is 1160. The molecular formula is C22H20F3N3O2S. The van der Waals surface area contributed by atoms with Crippen molar-refractivity contribution in [3.05, 3.63) is 87.3 Å².